The second-order valence-electron chi connectivity index (χ2n) is 9.87. The summed E-state index contributed by atoms with van der Waals surface area (Å²) >= 11 is 0. The van der Waals surface area contributed by atoms with E-state index in [4.69, 9.17) is 4.98 Å². The Morgan fingerprint density at radius 3 is 2.00 bits per heavy atom. The third-order valence-electron chi connectivity index (χ3n) is 7.39. The maximum Gasteiger partial charge on any atom is 0.137 e. The second kappa shape index (κ2) is 11.2. The number of imidazole rings is 1. The van der Waals surface area contributed by atoms with Crippen molar-refractivity contribution in [1.82, 2.24) is 20.2 Å². The lowest BCUT2D eigenvalue weighted by molar-refractivity contribution is 0.0316. The summed E-state index contributed by atoms with van der Waals surface area (Å²) in [6.45, 7) is 7.78. The van der Waals surface area contributed by atoms with Crippen LogP contribution in [0.2, 0.25) is 0 Å². The number of benzene rings is 3. The molecule has 1 aromatic heterocycles. The minimum Gasteiger partial charge on any atom is -0.385 e. The zero-order chi connectivity index (χ0) is 24.9. The standard InChI is InChI=1S/C31H36N4O/c1-22-13-15-26(16-14-22)31-33-23(2)29(34-31)30(36)28(35-19-17-32-18-20-35)21-27(24-9-5-3-6-10-24)25-11-7-4-8-12-25/h3-16,27-28,30,32,36H,17-21H2,1-2H3,(H,33,34). The molecule has 0 amide bonds. The van der Waals surface area contributed by atoms with Crippen molar-refractivity contribution in [1.29, 1.82) is 0 Å². The summed E-state index contributed by atoms with van der Waals surface area (Å²) < 4.78 is 0. The number of aromatic amines is 1. The molecule has 0 aliphatic carbocycles. The van der Waals surface area contributed by atoms with Crippen LogP contribution in [0.3, 0.4) is 0 Å². The van der Waals surface area contributed by atoms with E-state index in [0.29, 0.717) is 0 Å². The fraction of sp³-hybridized carbons (Fsp3) is 0.323. The summed E-state index contributed by atoms with van der Waals surface area (Å²) in [5.41, 5.74) is 6.47. The molecular weight excluding hydrogens is 444 g/mol. The van der Waals surface area contributed by atoms with Gasteiger partial charge in [0.25, 0.3) is 0 Å². The van der Waals surface area contributed by atoms with Gasteiger partial charge in [0, 0.05) is 49.4 Å². The van der Waals surface area contributed by atoms with Crippen molar-refractivity contribution in [2.24, 2.45) is 0 Å². The molecule has 3 N–H and O–H groups in total. The van der Waals surface area contributed by atoms with Crippen LogP contribution in [-0.2, 0) is 0 Å². The monoisotopic (exact) mass is 480 g/mol. The Kier molecular flexibility index (Phi) is 7.61. The molecule has 0 bridgehead atoms. The summed E-state index contributed by atoms with van der Waals surface area (Å²) in [5.74, 6) is 0.987. The Morgan fingerprint density at radius 2 is 1.42 bits per heavy atom. The lowest BCUT2D eigenvalue weighted by atomic mass is 9.83. The average Bonchev–Trinajstić information content (AvgIpc) is 3.32. The summed E-state index contributed by atoms with van der Waals surface area (Å²) in [7, 11) is 0. The highest BCUT2D eigenvalue weighted by molar-refractivity contribution is 5.56. The average molecular weight is 481 g/mol. The topological polar surface area (TPSA) is 64.2 Å². The van der Waals surface area contributed by atoms with Crippen LogP contribution >= 0.6 is 0 Å². The minimum absolute atomic E-state index is 0.0645. The Bertz CT molecular complexity index is 1190. The van der Waals surface area contributed by atoms with E-state index in [0.717, 1.165) is 55.4 Å². The fourth-order valence-electron chi connectivity index (χ4n) is 5.36. The first-order valence-corrected chi connectivity index (χ1v) is 13.0. The lowest BCUT2D eigenvalue weighted by Crippen LogP contribution is -2.51. The van der Waals surface area contributed by atoms with E-state index in [1.54, 1.807) is 0 Å². The van der Waals surface area contributed by atoms with Crippen molar-refractivity contribution in [3.05, 3.63) is 113 Å². The van der Waals surface area contributed by atoms with Crippen LogP contribution in [0.4, 0.5) is 0 Å². The van der Waals surface area contributed by atoms with Crippen LogP contribution in [0, 0.1) is 13.8 Å². The van der Waals surface area contributed by atoms with Crippen molar-refractivity contribution in [2.75, 3.05) is 26.2 Å². The molecule has 36 heavy (non-hydrogen) atoms. The number of H-pyrrole nitrogens is 1. The third-order valence-corrected chi connectivity index (χ3v) is 7.39. The number of nitrogens with zero attached hydrogens (tertiary/aromatic N) is 2. The number of hydrogen-bond donors (Lipinski definition) is 3. The van der Waals surface area contributed by atoms with E-state index in [-0.39, 0.29) is 12.0 Å². The zero-order valence-electron chi connectivity index (χ0n) is 21.2. The van der Waals surface area contributed by atoms with Gasteiger partial charge < -0.3 is 15.4 Å². The van der Waals surface area contributed by atoms with E-state index in [1.807, 2.05) is 6.92 Å². The maximum atomic E-state index is 11.9. The van der Waals surface area contributed by atoms with Gasteiger partial charge in [0.1, 0.15) is 11.9 Å². The Hall–Kier alpha value is -3.25. The minimum atomic E-state index is -0.700. The molecule has 2 atom stereocenters. The molecule has 1 saturated heterocycles. The van der Waals surface area contributed by atoms with Crippen LogP contribution in [0.15, 0.2) is 84.9 Å². The van der Waals surface area contributed by atoms with Crippen LogP contribution in [0.1, 0.15) is 46.5 Å². The van der Waals surface area contributed by atoms with Gasteiger partial charge >= 0.3 is 0 Å². The van der Waals surface area contributed by atoms with Crippen molar-refractivity contribution in [2.45, 2.75) is 38.3 Å². The van der Waals surface area contributed by atoms with E-state index in [9.17, 15) is 5.11 Å². The van der Waals surface area contributed by atoms with Crippen molar-refractivity contribution >= 4 is 0 Å². The highest BCUT2D eigenvalue weighted by Gasteiger charge is 2.34. The SMILES string of the molecule is Cc1ccc(-c2nc(C(O)C(CC(c3ccccc3)c3ccccc3)N3CCNCC3)c(C)[nH]2)cc1. The molecule has 2 heterocycles. The summed E-state index contributed by atoms with van der Waals surface area (Å²) in [6.07, 6.45) is 0.106. The molecule has 4 aromatic rings. The molecule has 0 saturated carbocycles. The number of aryl methyl sites for hydroxylation is 2. The molecule has 1 aliphatic heterocycles. The van der Waals surface area contributed by atoms with Gasteiger partial charge in [0.15, 0.2) is 0 Å². The molecule has 2 unspecified atom stereocenters. The van der Waals surface area contributed by atoms with Crippen LogP contribution in [0.5, 0.6) is 0 Å². The van der Waals surface area contributed by atoms with E-state index in [1.165, 1.54) is 16.7 Å². The normalized spacial score (nSPS) is 16.2. The van der Waals surface area contributed by atoms with E-state index < -0.39 is 6.10 Å². The first-order chi connectivity index (χ1) is 17.6. The number of rotatable bonds is 8. The second-order valence-corrected chi connectivity index (χ2v) is 9.87. The van der Waals surface area contributed by atoms with Crippen LogP contribution in [0.25, 0.3) is 11.4 Å². The lowest BCUT2D eigenvalue weighted by Gasteiger charge is -2.39. The van der Waals surface area contributed by atoms with Gasteiger partial charge in [-0.2, -0.15) is 0 Å². The number of hydrogen-bond acceptors (Lipinski definition) is 4. The first kappa shape index (κ1) is 24.4. The molecule has 5 nitrogen and oxygen atoms in total. The Balaban J connectivity index is 1.50. The summed E-state index contributed by atoms with van der Waals surface area (Å²) in [5, 5.41) is 15.4. The number of aliphatic hydroxyl groups is 1. The van der Waals surface area contributed by atoms with Gasteiger partial charge in [-0.3, -0.25) is 4.90 Å². The molecule has 1 fully saturated rings. The van der Waals surface area contributed by atoms with Gasteiger partial charge in [0.05, 0.1) is 5.69 Å². The maximum absolute atomic E-state index is 11.9. The van der Waals surface area contributed by atoms with Crippen molar-refractivity contribution < 1.29 is 5.11 Å². The van der Waals surface area contributed by atoms with Crippen molar-refractivity contribution in [3.63, 3.8) is 0 Å². The Labute approximate surface area is 214 Å². The highest BCUT2D eigenvalue weighted by atomic mass is 16.3. The fourth-order valence-corrected chi connectivity index (χ4v) is 5.36. The first-order valence-electron chi connectivity index (χ1n) is 13.0. The van der Waals surface area contributed by atoms with Gasteiger partial charge in [-0.05, 0) is 31.4 Å². The quantitative estimate of drug-likeness (QED) is 0.323. The number of piperazine rings is 1. The molecule has 5 rings (SSSR count). The van der Waals surface area contributed by atoms with Gasteiger partial charge in [-0.15, -0.1) is 0 Å². The van der Waals surface area contributed by atoms with E-state index >= 15 is 0 Å². The molecule has 3 aromatic carbocycles. The number of aromatic nitrogens is 2. The molecule has 1 aliphatic rings. The molecule has 186 valence electrons. The number of nitrogens with one attached hydrogen (secondary N) is 2. The molecule has 5 heteroatoms. The number of aliphatic hydroxyl groups excluding tert-OH is 1. The third kappa shape index (κ3) is 5.44. The zero-order valence-corrected chi connectivity index (χ0v) is 21.2. The van der Waals surface area contributed by atoms with Gasteiger partial charge in [0.2, 0.25) is 0 Å². The van der Waals surface area contributed by atoms with Gasteiger partial charge in [-0.25, -0.2) is 4.98 Å². The summed E-state index contributed by atoms with van der Waals surface area (Å²) in [4.78, 5) is 10.8. The summed E-state index contributed by atoms with van der Waals surface area (Å²) in [6, 6.07) is 29.6. The van der Waals surface area contributed by atoms with Crippen molar-refractivity contribution in [3.8, 4) is 11.4 Å². The van der Waals surface area contributed by atoms with Crippen LogP contribution < -0.4 is 5.32 Å². The van der Waals surface area contributed by atoms with E-state index in [2.05, 4.69) is 107 Å². The predicted octanol–water partition coefficient (Wildman–Crippen LogP) is 5.22. The smallest absolute Gasteiger partial charge is 0.137 e. The highest BCUT2D eigenvalue weighted by Crippen LogP contribution is 2.36. The van der Waals surface area contributed by atoms with Gasteiger partial charge in [-0.1, -0.05) is 90.5 Å². The van der Waals surface area contributed by atoms with Crippen LogP contribution in [-0.4, -0.2) is 52.2 Å². The predicted molar refractivity (Wildman–Crippen MR) is 146 cm³/mol. The molecule has 0 spiro atoms. The largest absolute Gasteiger partial charge is 0.385 e. The molecular formula is C31H36N4O. The Morgan fingerprint density at radius 1 is 0.833 bits per heavy atom. The molecule has 0 radical (unpaired) electrons.